The predicted molar refractivity (Wildman–Crippen MR) is 118 cm³/mol. The van der Waals surface area contributed by atoms with Crippen LogP contribution in [0.1, 0.15) is 63.1 Å². The number of rotatable bonds is 1. The number of nitrogens with one attached hydrogen (secondary N) is 1. The van der Waals surface area contributed by atoms with E-state index in [1.54, 1.807) is 5.57 Å². The first-order valence-electron chi connectivity index (χ1n) is 10.1. The number of allylic oxidation sites excluding steroid dienone is 8. The maximum Gasteiger partial charge on any atom is 0.0656 e. The Morgan fingerprint density at radius 2 is 2.04 bits per heavy atom. The van der Waals surface area contributed by atoms with Gasteiger partial charge in [-0.15, -0.1) is 9.24 Å². The van der Waals surface area contributed by atoms with Crippen molar-refractivity contribution in [2.75, 3.05) is 0 Å². The molecule has 0 heterocycles. The highest BCUT2D eigenvalue weighted by Gasteiger charge is 2.57. The predicted octanol–water partition coefficient (Wildman–Crippen LogP) is 6.43. The molecule has 0 radical (unpaired) electrons. The van der Waals surface area contributed by atoms with Crippen LogP contribution in [0.2, 0.25) is 0 Å². The maximum absolute atomic E-state index is 9.34. The van der Waals surface area contributed by atoms with Gasteiger partial charge in [-0.25, -0.2) is 0 Å². The van der Waals surface area contributed by atoms with Crippen molar-refractivity contribution in [3.63, 3.8) is 0 Å². The molecular formula is C25H28NP. The molecule has 2 bridgehead atoms. The molecule has 2 heteroatoms. The molecule has 0 spiro atoms. The van der Waals surface area contributed by atoms with Crippen LogP contribution in [0.25, 0.3) is 0 Å². The van der Waals surface area contributed by atoms with E-state index in [0.29, 0.717) is 11.8 Å². The summed E-state index contributed by atoms with van der Waals surface area (Å²) >= 11 is 0. The smallest absolute Gasteiger partial charge is 0.0656 e. The fourth-order valence-corrected chi connectivity index (χ4v) is 6.73. The van der Waals surface area contributed by atoms with Gasteiger partial charge in [-0.3, -0.25) is 5.41 Å². The largest absolute Gasteiger partial charge is 0.300 e. The van der Waals surface area contributed by atoms with Gasteiger partial charge in [-0.05, 0) is 53.3 Å². The van der Waals surface area contributed by atoms with Gasteiger partial charge in [0.15, 0.2) is 0 Å². The Kier molecular flexibility index (Phi) is 3.49. The van der Waals surface area contributed by atoms with Gasteiger partial charge in [0.2, 0.25) is 0 Å². The molecule has 0 aromatic heterocycles. The Bertz CT molecular complexity index is 1020. The molecule has 4 atom stereocenters. The molecule has 4 aliphatic rings. The zero-order chi connectivity index (χ0) is 19.1. The first-order chi connectivity index (χ1) is 12.8. The molecule has 1 fully saturated rings. The van der Waals surface area contributed by atoms with Crippen LogP contribution in [-0.2, 0) is 5.41 Å². The van der Waals surface area contributed by atoms with Crippen LogP contribution in [0.5, 0.6) is 0 Å². The highest BCUT2D eigenvalue weighted by molar-refractivity contribution is 7.23. The summed E-state index contributed by atoms with van der Waals surface area (Å²) in [5.41, 5.74) is 8.93. The summed E-state index contributed by atoms with van der Waals surface area (Å²) in [5.74, 6) is 0.737. The molecule has 1 aromatic carbocycles. The van der Waals surface area contributed by atoms with E-state index in [9.17, 15) is 5.41 Å². The first-order valence-corrected chi connectivity index (χ1v) is 10.7. The van der Waals surface area contributed by atoms with Crippen molar-refractivity contribution in [1.29, 1.82) is 5.41 Å². The van der Waals surface area contributed by atoms with Gasteiger partial charge in [0.25, 0.3) is 0 Å². The van der Waals surface area contributed by atoms with Gasteiger partial charge in [0.05, 0.1) is 5.71 Å². The van der Waals surface area contributed by atoms with E-state index < -0.39 is 0 Å². The second-order valence-electron chi connectivity index (χ2n) is 9.20. The third-order valence-corrected chi connectivity index (χ3v) is 7.90. The second kappa shape index (κ2) is 5.42. The summed E-state index contributed by atoms with van der Waals surface area (Å²) in [5, 5.41) is 10.6. The Morgan fingerprint density at radius 3 is 2.78 bits per heavy atom. The van der Waals surface area contributed by atoms with Crippen molar-refractivity contribution >= 4 is 15.0 Å². The lowest BCUT2D eigenvalue weighted by molar-refractivity contribution is 0.449. The SMILES string of the molecule is CC=CC12C/C1=C\C(C)c1cccc3c1C(=N)C1=C(C(P)=CCC12)C3(C)C. The van der Waals surface area contributed by atoms with Gasteiger partial charge in [-0.2, -0.15) is 0 Å². The van der Waals surface area contributed by atoms with Crippen LogP contribution < -0.4 is 0 Å². The molecule has 4 unspecified atom stereocenters. The van der Waals surface area contributed by atoms with E-state index in [4.69, 9.17) is 0 Å². The van der Waals surface area contributed by atoms with Crippen molar-refractivity contribution in [3.05, 3.63) is 81.2 Å². The Hall–Kier alpha value is -1.72. The van der Waals surface area contributed by atoms with Crippen LogP contribution in [0.4, 0.5) is 0 Å². The van der Waals surface area contributed by atoms with Crippen molar-refractivity contribution in [2.45, 2.75) is 51.9 Å². The van der Waals surface area contributed by atoms with E-state index >= 15 is 0 Å². The molecule has 138 valence electrons. The molecule has 1 N–H and O–H groups in total. The topological polar surface area (TPSA) is 23.9 Å². The average Bonchev–Trinajstić information content (AvgIpc) is 3.31. The molecule has 0 aliphatic heterocycles. The molecule has 1 nitrogen and oxygen atoms in total. The summed E-state index contributed by atoms with van der Waals surface area (Å²) in [6, 6.07) is 6.69. The monoisotopic (exact) mass is 373 g/mol. The van der Waals surface area contributed by atoms with Crippen LogP contribution in [-0.4, -0.2) is 5.71 Å². The lowest BCUT2D eigenvalue weighted by atomic mass is 9.60. The van der Waals surface area contributed by atoms with E-state index in [-0.39, 0.29) is 10.8 Å². The summed E-state index contributed by atoms with van der Waals surface area (Å²) in [4.78, 5) is 0. The van der Waals surface area contributed by atoms with Gasteiger partial charge in [-0.1, -0.05) is 68.8 Å². The molecule has 5 rings (SSSR count). The van der Waals surface area contributed by atoms with E-state index in [1.165, 1.54) is 33.2 Å². The highest BCUT2D eigenvalue weighted by atomic mass is 31.0. The molecule has 27 heavy (non-hydrogen) atoms. The first kappa shape index (κ1) is 17.4. The lowest BCUT2D eigenvalue weighted by Crippen LogP contribution is -2.38. The summed E-state index contributed by atoms with van der Waals surface area (Å²) in [6.07, 6.45) is 11.7. The summed E-state index contributed by atoms with van der Waals surface area (Å²) in [7, 11) is 2.97. The van der Waals surface area contributed by atoms with E-state index in [1.807, 2.05) is 0 Å². The lowest BCUT2D eigenvalue weighted by Gasteiger charge is -2.44. The zero-order valence-corrected chi connectivity index (χ0v) is 17.8. The normalized spacial score (nSPS) is 34.9. The Morgan fingerprint density at radius 1 is 1.26 bits per heavy atom. The van der Waals surface area contributed by atoms with Crippen LogP contribution in [0.3, 0.4) is 0 Å². The number of hydrogen-bond acceptors (Lipinski definition) is 1. The molecule has 4 aliphatic carbocycles. The second-order valence-corrected chi connectivity index (χ2v) is 9.83. The zero-order valence-electron chi connectivity index (χ0n) is 16.7. The number of hydrogen-bond donors (Lipinski definition) is 1. The quantitative estimate of drug-likeness (QED) is 0.433. The van der Waals surface area contributed by atoms with Crippen molar-refractivity contribution in [1.82, 2.24) is 0 Å². The van der Waals surface area contributed by atoms with Crippen LogP contribution >= 0.6 is 9.24 Å². The van der Waals surface area contributed by atoms with Crippen molar-refractivity contribution in [2.24, 2.45) is 11.3 Å². The van der Waals surface area contributed by atoms with Crippen LogP contribution in [0.15, 0.2) is 64.5 Å². The number of fused-ring (bicyclic) bond motifs is 2. The summed E-state index contributed by atoms with van der Waals surface area (Å²) in [6.45, 7) is 9.15. The minimum Gasteiger partial charge on any atom is -0.300 e. The Balaban J connectivity index is 1.92. The van der Waals surface area contributed by atoms with E-state index in [0.717, 1.165) is 18.6 Å². The maximum atomic E-state index is 9.34. The van der Waals surface area contributed by atoms with Crippen LogP contribution in [0, 0.1) is 16.7 Å². The summed E-state index contributed by atoms with van der Waals surface area (Å²) < 4.78 is 0. The minimum absolute atomic E-state index is 0.0757. The van der Waals surface area contributed by atoms with Crippen molar-refractivity contribution in [3.8, 4) is 0 Å². The average molecular weight is 373 g/mol. The van der Waals surface area contributed by atoms with Crippen molar-refractivity contribution < 1.29 is 0 Å². The third kappa shape index (κ3) is 2.07. The van der Waals surface area contributed by atoms with Gasteiger partial charge in [0.1, 0.15) is 0 Å². The Labute approximate surface area is 165 Å². The molecule has 0 amide bonds. The molecule has 0 saturated heterocycles. The standard InChI is InChI=1S/C25H28NP/c1-5-11-25-13-15(25)12-14(2)16-7-6-8-17-20(16)23(26)21-18(25)9-10-19(27)22(21)24(17,3)4/h5-8,10-12,14,18,26H,9,13,27H2,1-4H3/b11-5?,15-12+,26-23?. The number of benzene rings is 1. The minimum atomic E-state index is -0.0757. The van der Waals surface area contributed by atoms with Gasteiger partial charge in [0, 0.05) is 22.3 Å². The highest BCUT2D eigenvalue weighted by Crippen LogP contribution is 2.66. The fourth-order valence-electron chi connectivity index (χ4n) is 6.08. The molecule has 1 aromatic rings. The molecule has 1 saturated carbocycles. The van der Waals surface area contributed by atoms with E-state index in [2.05, 4.69) is 79.4 Å². The van der Waals surface area contributed by atoms with Gasteiger partial charge >= 0.3 is 0 Å². The third-order valence-electron chi connectivity index (χ3n) is 7.38. The molecular weight excluding hydrogens is 345 g/mol. The van der Waals surface area contributed by atoms with Gasteiger partial charge < -0.3 is 0 Å². The fraction of sp³-hybridized carbons (Fsp3) is 0.400.